The number of hydrogen-bond donors (Lipinski definition) is 1. The zero-order valence-corrected chi connectivity index (χ0v) is 9.69. The van der Waals surface area contributed by atoms with Gasteiger partial charge in [-0.15, -0.1) is 0 Å². The van der Waals surface area contributed by atoms with Crippen LogP contribution in [0.5, 0.6) is 0 Å². The van der Waals surface area contributed by atoms with Crippen LogP contribution in [0.2, 0.25) is 0 Å². The van der Waals surface area contributed by atoms with Crippen molar-refractivity contribution in [2.45, 2.75) is 32.6 Å². The molecule has 1 amide bonds. The summed E-state index contributed by atoms with van der Waals surface area (Å²) in [5, 5.41) is 11.8. The van der Waals surface area contributed by atoms with Crippen LogP contribution in [-0.4, -0.2) is 47.6 Å². The van der Waals surface area contributed by atoms with Gasteiger partial charge in [0.05, 0.1) is 0 Å². The van der Waals surface area contributed by atoms with E-state index in [0.29, 0.717) is 19.4 Å². The molecule has 0 atom stereocenters. The highest BCUT2D eigenvalue weighted by Gasteiger charge is 2.14. The maximum atomic E-state index is 11.6. The molecular weight excluding hydrogens is 196 g/mol. The Labute approximate surface area is 90.6 Å². The van der Waals surface area contributed by atoms with Gasteiger partial charge in [-0.3, -0.25) is 14.6 Å². The molecule has 1 N–H and O–H groups in total. The number of carbonyl (C=O) groups is 2. The Morgan fingerprint density at radius 2 is 1.80 bits per heavy atom. The second kappa shape index (κ2) is 7.23. The van der Waals surface area contributed by atoms with Crippen molar-refractivity contribution >= 4 is 11.9 Å². The molecule has 5 heteroatoms. The van der Waals surface area contributed by atoms with E-state index in [2.05, 4.69) is 0 Å². The second-order valence-corrected chi connectivity index (χ2v) is 3.61. The summed E-state index contributed by atoms with van der Waals surface area (Å²) < 4.78 is 0. The van der Waals surface area contributed by atoms with Gasteiger partial charge in [-0.2, -0.15) is 0 Å². The van der Waals surface area contributed by atoms with Gasteiger partial charge in [-0.25, -0.2) is 5.01 Å². The fraction of sp³-hybridized carbons (Fsp3) is 0.800. The van der Waals surface area contributed by atoms with Crippen molar-refractivity contribution < 1.29 is 14.7 Å². The normalized spacial score (nSPS) is 10.4. The van der Waals surface area contributed by atoms with Gasteiger partial charge in [0, 0.05) is 33.5 Å². The standard InChI is InChI=1S/C10H20N2O3/c1-4-6-9(13)12(11(2)3)8-5-7-10(14)15/h4-8H2,1-3H3,(H,14,15). The van der Waals surface area contributed by atoms with Gasteiger partial charge in [0.25, 0.3) is 0 Å². The molecule has 0 saturated heterocycles. The summed E-state index contributed by atoms with van der Waals surface area (Å²) in [7, 11) is 3.57. The number of rotatable bonds is 7. The molecule has 15 heavy (non-hydrogen) atoms. The van der Waals surface area contributed by atoms with E-state index < -0.39 is 5.97 Å². The van der Waals surface area contributed by atoms with Crippen molar-refractivity contribution in [3.63, 3.8) is 0 Å². The van der Waals surface area contributed by atoms with Crippen LogP contribution in [0.1, 0.15) is 32.6 Å². The third kappa shape index (κ3) is 6.06. The van der Waals surface area contributed by atoms with E-state index in [1.165, 1.54) is 0 Å². The Morgan fingerprint density at radius 1 is 1.20 bits per heavy atom. The van der Waals surface area contributed by atoms with Gasteiger partial charge in [-0.1, -0.05) is 6.92 Å². The number of hydrazine groups is 1. The Balaban J connectivity index is 4.04. The summed E-state index contributed by atoms with van der Waals surface area (Å²) in [5.41, 5.74) is 0. The number of carbonyl (C=O) groups excluding carboxylic acids is 1. The third-order valence-electron chi connectivity index (χ3n) is 2.00. The van der Waals surface area contributed by atoms with Crippen LogP contribution in [0.15, 0.2) is 0 Å². The maximum Gasteiger partial charge on any atom is 0.303 e. The van der Waals surface area contributed by atoms with Crippen LogP contribution in [0.25, 0.3) is 0 Å². The Kier molecular flexibility index (Phi) is 6.70. The van der Waals surface area contributed by atoms with E-state index >= 15 is 0 Å². The van der Waals surface area contributed by atoms with Crippen molar-refractivity contribution in [2.24, 2.45) is 0 Å². The van der Waals surface area contributed by atoms with Crippen LogP contribution in [0, 0.1) is 0 Å². The molecule has 88 valence electrons. The highest BCUT2D eigenvalue weighted by atomic mass is 16.4. The maximum absolute atomic E-state index is 11.6. The minimum atomic E-state index is -0.823. The second-order valence-electron chi connectivity index (χ2n) is 3.61. The Hall–Kier alpha value is -1.10. The molecular formula is C10H20N2O3. The van der Waals surface area contributed by atoms with E-state index in [1.807, 2.05) is 6.92 Å². The summed E-state index contributed by atoms with van der Waals surface area (Å²) in [6, 6.07) is 0. The topological polar surface area (TPSA) is 60.9 Å². The van der Waals surface area contributed by atoms with Gasteiger partial charge in [0.1, 0.15) is 0 Å². The molecule has 0 saturated carbocycles. The zero-order chi connectivity index (χ0) is 11.8. The highest BCUT2D eigenvalue weighted by Crippen LogP contribution is 2.02. The Bertz CT molecular complexity index is 217. The lowest BCUT2D eigenvalue weighted by Crippen LogP contribution is -2.42. The van der Waals surface area contributed by atoms with Gasteiger partial charge in [0.15, 0.2) is 0 Å². The van der Waals surface area contributed by atoms with Crippen LogP contribution >= 0.6 is 0 Å². The number of hydrogen-bond acceptors (Lipinski definition) is 3. The predicted octanol–water partition coefficient (Wildman–Crippen LogP) is 0.956. The molecule has 0 aromatic carbocycles. The molecule has 0 aliphatic carbocycles. The van der Waals surface area contributed by atoms with E-state index in [9.17, 15) is 9.59 Å². The van der Waals surface area contributed by atoms with Gasteiger partial charge in [-0.05, 0) is 12.8 Å². The van der Waals surface area contributed by atoms with Crippen LogP contribution < -0.4 is 0 Å². The van der Waals surface area contributed by atoms with Gasteiger partial charge in [0.2, 0.25) is 5.91 Å². The molecule has 0 aromatic heterocycles. The van der Waals surface area contributed by atoms with Crippen molar-refractivity contribution in [3.05, 3.63) is 0 Å². The average Bonchev–Trinajstić information content (AvgIpc) is 2.11. The Morgan fingerprint density at radius 3 is 2.20 bits per heavy atom. The molecule has 0 aromatic rings. The summed E-state index contributed by atoms with van der Waals surface area (Å²) in [5.74, 6) is -0.774. The smallest absolute Gasteiger partial charge is 0.303 e. The molecule has 0 rings (SSSR count). The van der Waals surface area contributed by atoms with Crippen molar-refractivity contribution in [1.29, 1.82) is 0 Å². The first kappa shape index (κ1) is 13.9. The number of nitrogens with zero attached hydrogens (tertiary/aromatic N) is 2. The molecule has 0 aliphatic heterocycles. The molecule has 0 spiro atoms. The third-order valence-corrected chi connectivity index (χ3v) is 2.00. The molecule has 0 fully saturated rings. The van der Waals surface area contributed by atoms with Crippen LogP contribution in [-0.2, 0) is 9.59 Å². The summed E-state index contributed by atoms with van der Waals surface area (Å²) >= 11 is 0. The predicted molar refractivity (Wildman–Crippen MR) is 57.2 cm³/mol. The first-order valence-electron chi connectivity index (χ1n) is 5.18. The number of amides is 1. The molecule has 0 bridgehead atoms. The lowest BCUT2D eigenvalue weighted by atomic mass is 10.2. The van der Waals surface area contributed by atoms with E-state index in [0.717, 1.165) is 6.42 Å². The first-order chi connectivity index (χ1) is 6.99. The van der Waals surface area contributed by atoms with E-state index in [4.69, 9.17) is 5.11 Å². The highest BCUT2D eigenvalue weighted by molar-refractivity contribution is 5.75. The monoisotopic (exact) mass is 216 g/mol. The molecule has 0 aliphatic rings. The molecule has 0 radical (unpaired) electrons. The van der Waals surface area contributed by atoms with Crippen molar-refractivity contribution in [3.8, 4) is 0 Å². The summed E-state index contributed by atoms with van der Waals surface area (Å²) in [6.07, 6.45) is 1.90. The zero-order valence-electron chi connectivity index (χ0n) is 9.69. The SMILES string of the molecule is CCCC(=O)N(CCCC(=O)O)N(C)C. The molecule has 0 unspecified atom stereocenters. The lowest BCUT2D eigenvalue weighted by molar-refractivity contribution is -0.146. The largest absolute Gasteiger partial charge is 0.481 e. The van der Waals surface area contributed by atoms with Gasteiger partial charge >= 0.3 is 5.97 Å². The van der Waals surface area contributed by atoms with E-state index in [1.54, 1.807) is 24.1 Å². The molecule has 5 nitrogen and oxygen atoms in total. The van der Waals surface area contributed by atoms with Crippen molar-refractivity contribution in [2.75, 3.05) is 20.6 Å². The average molecular weight is 216 g/mol. The summed E-state index contributed by atoms with van der Waals surface area (Å²) in [4.78, 5) is 21.9. The first-order valence-corrected chi connectivity index (χ1v) is 5.18. The lowest BCUT2D eigenvalue weighted by Gasteiger charge is -2.28. The minimum absolute atomic E-state index is 0.0490. The number of aliphatic carboxylic acids is 1. The number of carboxylic acid groups (broad SMARTS) is 1. The minimum Gasteiger partial charge on any atom is -0.481 e. The quantitative estimate of drug-likeness (QED) is 0.644. The fourth-order valence-electron chi connectivity index (χ4n) is 1.27. The van der Waals surface area contributed by atoms with E-state index in [-0.39, 0.29) is 12.3 Å². The van der Waals surface area contributed by atoms with Crippen LogP contribution in [0.4, 0.5) is 0 Å². The van der Waals surface area contributed by atoms with Gasteiger partial charge < -0.3 is 5.11 Å². The summed E-state index contributed by atoms with van der Waals surface area (Å²) in [6.45, 7) is 2.42. The van der Waals surface area contributed by atoms with Crippen molar-refractivity contribution in [1.82, 2.24) is 10.0 Å². The van der Waals surface area contributed by atoms with Crippen LogP contribution in [0.3, 0.4) is 0 Å². The fourth-order valence-corrected chi connectivity index (χ4v) is 1.27. The molecule has 0 heterocycles. The number of carboxylic acids is 1.